The van der Waals surface area contributed by atoms with Gasteiger partial charge in [0, 0.05) is 41.8 Å². The Labute approximate surface area is 205 Å². The molecule has 2 N–H and O–H groups in total. The number of carbonyl (C=O) groups is 2. The molecule has 1 aromatic heterocycles. The van der Waals surface area contributed by atoms with Crippen LogP contribution in [0.25, 0.3) is 22.2 Å². The van der Waals surface area contributed by atoms with E-state index in [1.807, 2.05) is 61.2 Å². The van der Waals surface area contributed by atoms with Gasteiger partial charge in [-0.2, -0.15) is 5.26 Å². The van der Waals surface area contributed by atoms with E-state index in [2.05, 4.69) is 21.3 Å². The molecular formula is C28H31N5O2. The first-order valence-corrected chi connectivity index (χ1v) is 12.5. The van der Waals surface area contributed by atoms with Gasteiger partial charge in [-0.15, -0.1) is 0 Å². The second-order valence-electron chi connectivity index (χ2n) is 9.85. The number of nitrogens with one attached hydrogen (secondary N) is 2. The predicted molar refractivity (Wildman–Crippen MR) is 137 cm³/mol. The average molecular weight is 470 g/mol. The van der Waals surface area contributed by atoms with Crippen molar-refractivity contribution in [2.75, 3.05) is 18.4 Å². The third kappa shape index (κ3) is 4.37. The Balaban J connectivity index is 1.56. The van der Waals surface area contributed by atoms with Crippen LogP contribution in [0.1, 0.15) is 67.9 Å². The van der Waals surface area contributed by atoms with Crippen molar-refractivity contribution in [2.45, 2.75) is 58.0 Å². The van der Waals surface area contributed by atoms with Crippen LogP contribution in [-0.2, 0) is 0 Å². The van der Waals surface area contributed by atoms with Crippen molar-refractivity contribution in [1.82, 2.24) is 14.8 Å². The zero-order chi connectivity index (χ0) is 24.5. The minimum atomic E-state index is -0.246. The molecule has 0 atom stereocenters. The maximum Gasteiger partial charge on any atom is 0.319 e. The third-order valence-electron chi connectivity index (χ3n) is 7.03. The number of urea groups is 1. The van der Waals surface area contributed by atoms with Crippen molar-refractivity contribution in [3.8, 4) is 17.3 Å². The number of nitrogens with zero attached hydrogens (tertiary/aromatic N) is 3. The molecule has 0 radical (unpaired) electrons. The summed E-state index contributed by atoms with van der Waals surface area (Å²) in [7, 11) is 0. The van der Waals surface area contributed by atoms with Crippen molar-refractivity contribution >= 4 is 28.5 Å². The van der Waals surface area contributed by atoms with Gasteiger partial charge in [-0.1, -0.05) is 18.2 Å². The molecule has 7 heteroatoms. The van der Waals surface area contributed by atoms with E-state index in [9.17, 15) is 14.9 Å². The lowest BCUT2D eigenvalue weighted by atomic mass is 9.92. The van der Waals surface area contributed by atoms with Crippen LogP contribution < -0.4 is 10.6 Å². The standard InChI is InChI=1S/C28H31N5O2/c1-18(2)30-28(35)31-21-11-8-19(9-12-21)26-24(17-29)23-13-10-20(27(34)32-14-3-4-15-32)16-25(23)33(26)22-6-5-7-22/h8-13,16,18,22H,3-7,14-15H2,1-2H3,(H2,30,31,35). The van der Waals surface area contributed by atoms with E-state index < -0.39 is 0 Å². The van der Waals surface area contributed by atoms with E-state index in [0.717, 1.165) is 67.4 Å². The quantitative estimate of drug-likeness (QED) is 0.504. The fourth-order valence-corrected chi connectivity index (χ4v) is 5.11. The lowest BCUT2D eigenvalue weighted by molar-refractivity contribution is 0.0793. The molecular weight excluding hydrogens is 438 g/mol. The number of fused-ring (bicyclic) bond motifs is 1. The molecule has 2 aromatic carbocycles. The number of hydrogen-bond acceptors (Lipinski definition) is 3. The largest absolute Gasteiger partial charge is 0.339 e. The number of aromatic nitrogens is 1. The van der Waals surface area contributed by atoms with Gasteiger partial charge in [-0.3, -0.25) is 4.79 Å². The first-order chi connectivity index (χ1) is 17.0. The van der Waals surface area contributed by atoms with Crippen LogP contribution in [0.4, 0.5) is 10.5 Å². The molecule has 35 heavy (non-hydrogen) atoms. The Kier molecular flexibility index (Phi) is 6.21. The summed E-state index contributed by atoms with van der Waals surface area (Å²) in [5.74, 6) is 0.0703. The number of anilines is 1. The monoisotopic (exact) mass is 469 g/mol. The fourth-order valence-electron chi connectivity index (χ4n) is 5.11. The van der Waals surface area contributed by atoms with E-state index in [1.165, 1.54) is 0 Å². The Morgan fingerprint density at radius 2 is 1.74 bits per heavy atom. The molecule has 2 fully saturated rings. The summed E-state index contributed by atoms with van der Waals surface area (Å²) in [6, 6.07) is 15.9. The first-order valence-electron chi connectivity index (χ1n) is 12.5. The van der Waals surface area contributed by atoms with Crippen molar-refractivity contribution in [3.63, 3.8) is 0 Å². The van der Waals surface area contributed by atoms with Crippen LogP contribution in [0.2, 0.25) is 0 Å². The summed E-state index contributed by atoms with van der Waals surface area (Å²) >= 11 is 0. The van der Waals surface area contributed by atoms with Crippen LogP contribution in [0.5, 0.6) is 0 Å². The molecule has 7 nitrogen and oxygen atoms in total. The minimum Gasteiger partial charge on any atom is -0.339 e. The highest BCUT2D eigenvalue weighted by atomic mass is 16.2. The third-order valence-corrected chi connectivity index (χ3v) is 7.03. The molecule has 3 amide bonds. The summed E-state index contributed by atoms with van der Waals surface area (Å²) in [6.07, 6.45) is 5.38. The van der Waals surface area contributed by atoms with Crippen molar-refractivity contribution in [2.24, 2.45) is 0 Å². The second-order valence-corrected chi connectivity index (χ2v) is 9.85. The number of nitriles is 1. The van der Waals surface area contributed by atoms with E-state index >= 15 is 0 Å². The lowest BCUT2D eigenvalue weighted by Gasteiger charge is -2.30. The Bertz CT molecular complexity index is 1310. The predicted octanol–water partition coefficient (Wildman–Crippen LogP) is 5.67. The topological polar surface area (TPSA) is 90.2 Å². The highest BCUT2D eigenvalue weighted by Gasteiger charge is 2.29. The summed E-state index contributed by atoms with van der Waals surface area (Å²) in [4.78, 5) is 27.1. The molecule has 0 unspecified atom stereocenters. The normalized spacial score (nSPS) is 15.8. The maximum atomic E-state index is 13.1. The molecule has 180 valence electrons. The van der Waals surface area contributed by atoms with Crippen LogP contribution in [0.15, 0.2) is 42.5 Å². The number of benzene rings is 2. The van der Waals surface area contributed by atoms with Gasteiger partial charge in [-0.05, 0) is 75.8 Å². The molecule has 1 aliphatic heterocycles. The fraction of sp³-hybridized carbons (Fsp3) is 0.393. The van der Waals surface area contributed by atoms with E-state index in [1.54, 1.807) is 0 Å². The van der Waals surface area contributed by atoms with Crippen molar-refractivity contribution in [3.05, 3.63) is 53.6 Å². The van der Waals surface area contributed by atoms with Gasteiger partial charge in [-0.25, -0.2) is 4.79 Å². The summed E-state index contributed by atoms with van der Waals surface area (Å²) in [5.41, 5.74) is 4.76. The second kappa shape index (κ2) is 9.46. The molecule has 0 bridgehead atoms. The highest BCUT2D eigenvalue weighted by Crippen LogP contribution is 2.43. The number of carbonyl (C=O) groups excluding carboxylic acids is 2. The zero-order valence-electron chi connectivity index (χ0n) is 20.3. The van der Waals surface area contributed by atoms with Gasteiger partial charge >= 0.3 is 6.03 Å². The Hall–Kier alpha value is -3.79. The molecule has 2 heterocycles. The minimum absolute atomic E-state index is 0.0490. The van der Waals surface area contributed by atoms with Crippen LogP contribution in [0, 0.1) is 11.3 Å². The summed E-state index contributed by atoms with van der Waals surface area (Å²) in [6.45, 7) is 5.44. The van der Waals surface area contributed by atoms with Crippen LogP contribution >= 0.6 is 0 Å². The van der Waals surface area contributed by atoms with Crippen molar-refractivity contribution in [1.29, 1.82) is 5.26 Å². The van der Waals surface area contributed by atoms with Gasteiger partial charge in [0.25, 0.3) is 5.91 Å². The maximum absolute atomic E-state index is 13.1. The molecule has 1 saturated carbocycles. The molecule has 0 spiro atoms. The van der Waals surface area contributed by atoms with Gasteiger partial charge in [0.05, 0.1) is 16.8 Å². The Morgan fingerprint density at radius 1 is 1.03 bits per heavy atom. The summed E-state index contributed by atoms with van der Waals surface area (Å²) in [5, 5.41) is 16.7. The Morgan fingerprint density at radius 3 is 2.34 bits per heavy atom. The first kappa shape index (κ1) is 23.0. The number of hydrogen-bond donors (Lipinski definition) is 2. The van der Waals surface area contributed by atoms with E-state index in [0.29, 0.717) is 22.9 Å². The van der Waals surface area contributed by atoms with Crippen LogP contribution in [0.3, 0.4) is 0 Å². The van der Waals surface area contributed by atoms with Gasteiger partial charge in [0.2, 0.25) is 0 Å². The zero-order valence-corrected chi connectivity index (χ0v) is 20.3. The highest BCUT2D eigenvalue weighted by molar-refractivity contribution is 6.02. The van der Waals surface area contributed by atoms with Gasteiger partial charge in [0.15, 0.2) is 0 Å². The smallest absolute Gasteiger partial charge is 0.319 e. The molecule has 3 aromatic rings. The van der Waals surface area contributed by atoms with Crippen molar-refractivity contribution < 1.29 is 9.59 Å². The van der Waals surface area contributed by atoms with Crippen LogP contribution in [-0.4, -0.2) is 40.5 Å². The lowest BCUT2D eigenvalue weighted by Crippen LogP contribution is -2.34. The van der Waals surface area contributed by atoms with Gasteiger partial charge in [0.1, 0.15) is 6.07 Å². The SMILES string of the molecule is CC(C)NC(=O)Nc1ccc(-c2c(C#N)c3ccc(C(=O)N4CCCC4)cc3n2C2CCC2)cc1. The van der Waals surface area contributed by atoms with E-state index in [4.69, 9.17) is 0 Å². The number of rotatable bonds is 5. The molecule has 1 saturated heterocycles. The average Bonchev–Trinajstić information content (AvgIpc) is 3.44. The summed E-state index contributed by atoms with van der Waals surface area (Å²) < 4.78 is 2.27. The molecule has 1 aliphatic carbocycles. The molecule has 5 rings (SSSR count). The molecule has 2 aliphatic rings. The number of likely N-dealkylation sites (tertiary alicyclic amines) is 1. The number of amides is 3. The van der Waals surface area contributed by atoms with Gasteiger partial charge < -0.3 is 20.1 Å². The van der Waals surface area contributed by atoms with E-state index in [-0.39, 0.29) is 18.0 Å².